The van der Waals surface area contributed by atoms with Gasteiger partial charge in [0.1, 0.15) is 5.82 Å². The molecule has 98 valence electrons. The highest BCUT2D eigenvalue weighted by Gasteiger charge is 2.36. The zero-order chi connectivity index (χ0) is 12.5. The van der Waals surface area contributed by atoms with E-state index in [0.29, 0.717) is 6.04 Å². The Labute approximate surface area is 108 Å². The molecule has 3 rings (SSSR count). The van der Waals surface area contributed by atoms with Gasteiger partial charge in [0.05, 0.1) is 0 Å². The standard InChI is InChI=1S/C15H21FN2/c1-11-10-13(4-5-14(11)16)15(12-2-3-12)18-8-6-17-7-9-18/h4-5,10,12,15,17H,2-3,6-9H2,1H3. The Morgan fingerprint density at radius 2 is 2.00 bits per heavy atom. The summed E-state index contributed by atoms with van der Waals surface area (Å²) in [6, 6.07) is 6.15. The molecule has 3 heteroatoms. The summed E-state index contributed by atoms with van der Waals surface area (Å²) in [6.45, 7) is 6.22. The summed E-state index contributed by atoms with van der Waals surface area (Å²) in [7, 11) is 0. The van der Waals surface area contributed by atoms with Gasteiger partial charge in [-0.05, 0) is 42.9 Å². The lowest BCUT2D eigenvalue weighted by Crippen LogP contribution is -2.45. The van der Waals surface area contributed by atoms with E-state index >= 15 is 0 Å². The SMILES string of the molecule is Cc1cc(C(C2CC2)N2CCNCC2)ccc1F. The average Bonchev–Trinajstić information content (AvgIpc) is 3.20. The van der Waals surface area contributed by atoms with Crippen LogP contribution in [-0.4, -0.2) is 31.1 Å². The number of nitrogens with zero attached hydrogens (tertiary/aromatic N) is 1. The summed E-state index contributed by atoms with van der Waals surface area (Å²) >= 11 is 0. The molecule has 0 spiro atoms. The van der Waals surface area contributed by atoms with Crippen molar-refractivity contribution >= 4 is 0 Å². The van der Waals surface area contributed by atoms with Crippen LogP contribution in [-0.2, 0) is 0 Å². The summed E-state index contributed by atoms with van der Waals surface area (Å²) in [5.41, 5.74) is 2.08. The van der Waals surface area contributed by atoms with Gasteiger partial charge in [0.2, 0.25) is 0 Å². The lowest BCUT2D eigenvalue weighted by Gasteiger charge is -2.35. The minimum atomic E-state index is -0.0893. The summed E-state index contributed by atoms with van der Waals surface area (Å²) in [5.74, 6) is 0.696. The van der Waals surface area contributed by atoms with Gasteiger partial charge in [-0.1, -0.05) is 12.1 Å². The molecule has 1 heterocycles. The molecule has 1 aromatic rings. The van der Waals surface area contributed by atoms with Crippen LogP contribution in [0.5, 0.6) is 0 Å². The molecule has 1 saturated heterocycles. The minimum absolute atomic E-state index is 0.0893. The van der Waals surface area contributed by atoms with Gasteiger partial charge in [-0.15, -0.1) is 0 Å². The number of nitrogens with one attached hydrogen (secondary N) is 1. The second kappa shape index (κ2) is 4.98. The van der Waals surface area contributed by atoms with Crippen LogP contribution in [0.15, 0.2) is 18.2 Å². The van der Waals surface area contributed by atoms with Crippen molar-refractivity contribution in [3.8, 4) is 0 Å². The van der Waals surface area contributed by atoms with Crippen LogP contribution in [0, 0.1) is 18.7 Å². The van der Waals surface area contributed by atoms with E-state index in [0.717, 1.165) is 37.7 Å². The Kier molecular flexibility index (Phi) is 3.35. The minimum Gasteiger partial charge on any atom is -0.314 e. The maximum Gasteiger partial charge on any atom is 0.126 e. The first-order valence-corrected chi connectivity index (χ1v) is 6.96. The molecule has 1 N–H and O–H groups in total. The lowest BCUT2D eigenvalue weighted by atomic mass is 9.98. The Bertz CT molecular complexity index is 423. The highest BCUT2D eigenvalue weighted by molar-refractivity contribution is 5.28. The van der Waals surface area contributed by atoms with Crippen LogP contribution in [0.1, 0.15) is 30.0 Å². The van der Waals surface area contributed by atoms with Crippen LogP contribution in [0.4, 0.5) is 4.39 Å². The van der Waals surface area contributed by atoms with Crippen molar-refractivity contribution < 1.29 is 4.39 Å². The second-order valence-corrected chi connectivity index (χ2v) is 5.58. The summed E-state index contributed by atoms with van der Waals surface area (Å²) in [4.78, 5) is 2.57. The van der Waals surface area contributed by atoms with E-state index in [-0.39, 0.29) is 5.82 Å². The zero-order valence-electron chi connectivity index (χ0n) is 11.0. The molecule has 1 saturated carbocycles. The summed E-state index contributed by atoms with van der Waals surface area (Å²) < 4.78 is 13.4. The van der Waals surface area contributed by atoms with Crippen LogP contribution < -0.4 is 5.32 Å². The molecule has 1 aromatic carbocycles. The molecule has 2 nitrogen and oxygen atoms in total. The quantitative estimate of drug-likeness (QED) is 0.884. The molecule has 1 aliphatic heterocycles. The maximum absolute atomic E-state index is 13.4. The number of piperazine rings is 1. The number of hydrogen-bond donors (Lipinski definition) is 1. The first-order valence-electron chi connectivity index (χ1n) is 6.96. The lowest BCUT2D eigenvalue weighted by molar-refractivity contribution is 0.156. The van der Waals surface area contributed by atoms with E-state index in [1.165, 1.54) is 18.4 Å². The highest BCUT2D eigenvalue weighted by Crippen LogP contribution is 2.44. The van der Waals surface area contributed by atoms with E-state index in [2.05, 4.69) is 10.2 Å². The van der Waals surface area contributed by atoms with Crippen molar-refractivity contribution in [3.63, 3.8) is 0 Å². The molecule has 0 aromatic heterocycles. The third-order valence-electron chi connectivity index (χ3n) is 4.14. The van der Waals surface area contributed by atoms with E-state index < -0.39 is 0 Å². The Hall–Kier alpha value is -0.930. The zero-order valence-corrected chi connectivity index (χ0v) is 11.0. The van der Waals surface area contributed by atoms with Crippen molar-refractivity contribution in [1.29, 1.82) is 0 Å². The van der Waals surface area contributed by atoms with Crippen molar-refractivity contribution in [2.24, 2.45) is 5.92 Å². The topological polar surface area (TPSA) is 15.3 Å². The maximum atomic E-state index is 13.4. The first kappa shape index (κ1) is 12.1. The molecule has 1 unspecified atom stereocenters. The summed E-state index contributed by atoms with van der Waals surface area (Å²) in [6.07, 6.45) is 2.65. The molecule has 1 atom stereocenters. The van der Waals surface area contributed by atoms with Gasteiger partial charge in [-0.2, -0.15) is 0 Å². The van der Waals surface area contributed by atoms with Gasteiger partial charge in [-0.25, -0.2) is 4.39 Å². The predicted molar refractivity (Wildman–Crippen MR) is 71.0 cm³/mol. The van der Waals surface area contributed by atoms with Crippen molar-refractivity contribution in [3.05, 3.63) is 35.1 Å². The van der Waals surface area contributed by atoms with E-state index in [4.69, 9.17) is 0 Å². The fourth-order valence-electron chi connectivity index (χ4n) is 3.01. The van der Waals surface area contributed by atoms with Gasteiger partial charge >= 0.3 is 0 Å². The molecule has 0 radical (unpaired) electrons. The molecule has 0 amide bonds. The normalized spacial score (nSPS) is 23.0. The van der Waals surface area contributed by atoms with Crippen LogP contribution in [0.2, 0.25) is 0 Å². The number of aryl methyl sites for hydroxylation is 1. The van der Waals surface area contributed by atoms with Gasteiger partial charge in [0, 0.05) is 32.2 Å². The monoisotopic (exact) mass is 248 g/mol. The smallest absolute Gasteiger partial charge is 0.126 e. The fourth-order valence-corrected chi connectivity index (χ4v) is 3.01. The van der Waals surface area contributed by atoms with Gasteiger partial charge in [-0.3, -0.25) is 4.90 Å². The number of hydrogen-bond acceptors (Lipinski definition) is 2. The van der Waals surface area contributed by atoms with Crippen molar-refractivity contribution in [2.75, 3.05) is 26.2 Å². The van der Waals surface area contributed by atoms with Crippen LogP contribution in [0.25, 0.3) is 0 Å². The molecule has 18 heavy (non-hydrogen) atoms. The fraction of sp³-hybridized carbons (Fsp3) is 0.600. The van der Waals surface area contributed by atoms with Crippen LogP contribution >= 0.6 is 0 Å². The van der Waals surface area contributed by atoms with Crippen molar-refractivity contribution in [1.82, 2.24) is 10.2 Å². The third-order valence-corrected chi connectivity index (χ3v) is 4.14. The molecule has 0 bridgehead atoms. The number of benzene rings is 1. The first-order chi connectivity index (χ1) is 8.75. The van der Waals surface area contributed by atoms with E-state index in [1.54, 1.807) is 6.07 Å². The van der Waals surface area contributed by atoms with Gasteiger partial charge in [0.15, 0.2) is 0 Å². The Morgan fingerprint density at radius 1 is 1.28 bits per heavy atom. The summed E-state index contributed by atoms with van der Waals surface area (Å²) in [5, 5.41) is 3.40. The van der Waals surface area contributed by atoms with E-state index in [1.807, 2.05) is 19.1 Å². The molecule has 2 aliphatic rings. The Balaban J connectivity index is 1.85. The molecule has 2 fully saturated rings. The average molecular weight is 248 g/mol. The van der Waals surface area contributed by atoms with Gasteiger partial charge in [0.25, 0.3) is 0 Å². The molecular weight excluding hydrogens is 227 g/mol. The van der Waals surface area contributed by atoms with E-state index in [9.17, 15) is 4.39 Å². The van der Waals surface area contributed by atoms with Crippen molar-refractivity contribution in [2.45, 2.75) is 25.8 Å². The highest BCUT2D eigenvalue weighted by atomic mass is 19.1. The Morgan fingerprint density at radius 3 is 2.61 bits per heavy atom. The van der Waals surface area contributed by atoms with Crippen LogP contribution in [0.3, 0.4) is 0 Å². The van der Waals surface area contributed by atoms with Gasteiger partial charge < -0.3 is 5.32 Å². The third kappa shape index (κ3) is 2.43. The number of halogens is 1. The second-order valence-electron chi connectivity index (χ2n) is 5.58. The number of rotatable bonds is 3. The molecular formula is C15H21FN2. The molecule has 1 aliphatic carbocycles. The predicted octanol–water partition coefficient (Wildman–Crippen LogP) is 2.49. The largest absolute Gasteiger partial charge is 0.314 e.